The normalized spacial score (nSPS) is 12.8. The fourth-order valence-corrected chi connectivity index (χ4v) is 2.12. The first kappa shape index (κ1) is 21.0. The highest BCUT2D eigenvalue weighted by Crippen LogP contribution is 2.19. The molecule has 0 bridgehead atoms. The van der Waals surface area contributed by atoms with E-state index in [0.29, 0.717) is 9.63 Å². The van der Waals surface area contributed by atoms with Gasteiger partial charge in [-0.2, -0.15) is 0 Å². The van der Waals surface area contributed by atoms with Crippen LogP contribution < -0.4 is 0 Å². The van der Waals surface area contributed by atoms with Gasteiger partial charge in [-0.3, -0.25) is 0 Å². The average molecular weight is 507 g/mol. The van der Waals surface area contributed by atoms with Crippen LogP contribution in [0.15, 0.2) is 21.3 Å². The van der Waals surface area contributed by atoms with Gasteiger partial charge in [-0.1, -0.05) is 11.6 Å². The molecule has 1 fully saturated rings. The SMILES string of the molecule is C1CCOC1.Cc1nc(Cl)ncc1Br.Clc1ncc(Br)c(Cl)n1. The summed E-state index contributed by atoms with van der Waals surface area (Å²) in [5.41, 5.74) is 0.856. The molecule has 0 unspecified atom stereocenters. The molecule has 2 aromatic rings. The smallest absolute Gasteiger partial charge is 0.223 e. The number of hydrogen-bond acceptors (Lipinski definition) is 5. The highest BCUT2D eigenvalue weighted by atomic mass is 79.9. The summed E-state index contributed by atoms with van der Waals surface area (Å²) in [6.45, 7) is 3.86. The van der Waals surface area contributed by atoms with Crippen LogP contribution in [-0.4, -0.2) is 33.1 Å². The van der Waals surface area contributed by atoms with E-state index in [1.54, 1.807) is 6.20 Å². The molecule has 126 valence electrons. The molecule has 0 spiro atoms. The highest BCUT2D eigenvalue weighted by molar-refractivity contribution is 9.10. The van der Waals surface area contributed by atoms with E-state index in [9.17, 15) is 0 Å². The minimum Gasteiger partial charge on any atom is -0.381 e. The van der Waals surface area contributed by atoms with Crippen LogP contribution >= 0.6 is 66.7 Å². The molecule has 2 aromatic heterocycles. The number of hydrogen-bond donors (Lipinski definition) is 0. The van der Waals surface area contributed by atoms with Crippen molar-refractivity contribution in [1.82, 2.24) is 19.9 Å². The molecule has 0 radical (unpaired) electrons. The van der Waals surface area contributed by atoms with Crippen molar-refractivity contribution in [2.24, 2.45) is 0 Å². The second kappa shape index (κ2) is 11.5. The standard InChI is InChI=1S/C5H4BrClN2.C4HBrCl2N2.C4H8O/c1-3-4(6)2-8-5(7)9-3;5-2-1-8-4(7)9-3(2)6;1-2-4-5-3-1/h2H,1H3;1H;1-4H2. The third-order valence-corrected chi connectivity index (χ3v) is 4.63. The van der Waals surface area contributed by atoms with E-state index in [4.69, 9.17) is 39.5 Å². The summed E-state index contributed by atoms with van der Waals surface area (Å²) in [6.07, 6.45) is 5.68. The maximum atomic E-state index is 5.53. The van der Waals surface area contributed by atoms with E-state index < -0.39 is 0 Å². The lowest BCUT2D eigenvalue weighted by Gasteiger charge is -1.93. The molecule has 0 amide bonds. The molecule has 10 heteroatoms. The number of rotatable bonds is 0. The Balaban J connectivity index is 0.000000180. The van der Waals surface area contributed by atoms with Gasteiger partial charge in [0.15, 0.2) is 0 Å². The van der Waals surface area contributed by atoms with Crippen LogP contribution in [0.3, 0.4) is 0 Å². The van der Waals surface area contributed by atoms with Crippen molar-refractivity contribution in [3.05, 3.63) is 42.8 Å². The highest BCUT2D eigenvalue weighted by Gasteiger charge is 1.98. The first-order valence-corrected chi connectivity index (χ1v) is 9.18. The number of ether oxygens (including phenoxy) is 1. The van der Waals surface area contributed by atoms with Crippen molar-refractivity contribution in [3.8, 4) is 0 Å². The van der Waals surface area contributed by atoms with Gasteiger partial charge >= 0.3 is 0 Å². The van der Waals surface area contributed by atoms with Crippen molar-refractivity contribution >= 4 is 66.7 Å². The molecule has 0 N–H and O–H groups in total. The Morgan fingerprint density at radius 3 is 1.78 bits per heavy atom. The molecular weight excluding hydrogens is 494 g/mol. The molecule has 0 aliphatic carbocycles. The average Bonchev–Trinajstić information content (AvgIpc) is 3.08. The Hall–Kier alpha value is -0.0500. The van der Waals surface area contributed by atoms with Gasteiger partial charge in [-0.05, 0) is 74.8 Å². The summed E-state index contributed by atoms with van der Waals surface area (Å²) in [5.74, 6) is 0. The van der Waals surface area contributed by atoms with E-state index in [0.717, 1.165) is 23.4 Å². The summed E-state index contributed by atoms with van der Waals surface area (Å²) in [5, 5.41) is 0.772. The van der Waals surface area contributed by atoms with E-state index in [1.165, 1.54) is 19.0 Å². The Kier molecular flexibility index (Phi) is 10.5. The van der Waals surface area contributed by atoms with Crippen LogP contribution in [-0.2, 0) is 4.74 Å². The second-order valence-corrected chi connectivity index (χ2v) is 6.91. The zero-order valence-electron chi connectivity index (χ0n) is 12.1. The lowest BCUT2D eigenvalue weighted by atomic mass is 10.4. The van der Waals surface area contributed by atoms with E-state index >= 15 is 0 Å². The fraction of sp³-hybridized carbons (Fsp3) is 0.385. The van der Waals surface area contributed by atoms with Crippen molar-refractivity contribution in [2.75, 3.05) is 13.2 Å². The van der Waals surface area contributed by atoms with Gasteiger partial charge in [-0.15, -0.1) is 0 Å². The molecule has 3 heterocycles. The van der Waals surface area contributed by atoms with E-state index in [-0.39, 0.29) is 10.6 Å². The van der Waals surface area contributed by atoms with Crippen LogP contribution in [0.25, 0.3) is 0 Å². The summed E-state index contributed by atoms with van der Waals surface area (Å²) in [7, 11) is 0. The van der Waals surface area contributed by atoms with Gasteiger partial charge < -0.3 is 4.74 Å². The Morgan fingerprint density at radius 2 is 1.43 bits per heavy atom. The quantitative estimate of drug-likeness (QED) is 0.346. The molecule has 1 saturated heterocycles. The number of halogens is 5. The van der Waals surface area contributed by atoms with Crippen molar-refractivity contribution in [2.45, 2.75) is 19.8 Å². The minimum atomic E-state index is 0.156. The first-order valence-electron chi connectivity index (χ1n) is 6.46. The molecule has 3 rings (SSSR count). The summed E-state index contributed by atoms with van der Waals surface area (Å²) < 4.78 is 6.47. The Morgan fingerprint density at radius 1 is 0.913 bits per heavy atom. The molecule has 1 aliphatic rings. The summed E-state index contributed by atoms with van der Waals surface area (Å²) >= 11 is 22.8. The zero-order chi connectivity index (χ0) is 17.2. The minimum absolute atomic E-state index is 0.156. The van der Waals surface area contributed by atoms with Gasteiger partial charge in [0.05, 0.1) is 14.6 Å². The predicted octanol–water partition coefficient (Wildman–Crippen LogP) is 5.54. The molecule has 0 atom stereocenters. The summed E-state index contributed by atoms with van der Waals surface area (Å²) in [4.78, 5) is 14.9. The lowest BCUT2D eigenvalue weighted by Crippen LogP contribution is -1.85. The molecule has 23 heavy (non-hydrogen) atoms. The van der Waals surface area contributed by atoms with Crippen molar-refractivity contribution < 1.29 is 4.74 Å². The van der Waals surface area contributed by atoms with Gasteiger partial charge in [-0.25, -0.2) is 19.9 Å². The van der Waals surface area contributed by atoms with Crippen LogP contribution in [0, 0.1) is 6.92 Å². The Labute approximate surface area is 166 Å². The molecule has 0 saturated carbocycles. The fourth-order valence-electron chi connectivity index (χ4n) is 1.26. The van der Waals surface area contributed by atoms with E-state index in [2.05, 4.69) is 51.8 Å². The number of aryl methyl sites for hydroxylation is 1. The van der Waals surface area contributed by atoms with Crippen molar-refractivity contribution in [1.29, 1.82) is 0 Å². The first-order chi connectivity index (χ1) is 10.9. The predicted molar refractivity (Wildman–Crippen MR) is 99.3 cm³/mol. The molecule has 5 nitrogen and oxygen atoms in total. The lowest BCUT2D eigenvalue weighted by molar-refractivity contribution is 0.198. The van der Waals surface area contributed by atoms with Crippen LogP contribution in [0.4, 0.5) is 0 Å². The third-order valence-electron chi connectivity index (χ3n) is 2.39. The molecular formula is C13H13Br2Cl3N4O. The van der Waals surface area contributed by atoms with Crippen LogP contribution in [0.5, 0.6) is 0 Å². The molecule has 0 aromatic carbocycles. The topological polar surface area (TPSA) is 60.8 Å². The monoisotopic (exact) mass is 504 g/mol. The van der Waals surface area contributed by atoms with E-state index in [1.807, 2.05) is 6.92 Å². The second-order valence-electron chi connectivity index (χ2n) is 4.17. The van der Waals surface area contributed by atoms with Crippen LogP contribution in [0.1, 0.15) is 18.5 Å². The number of aromatic nitrogens is 4. The number of nitrogens with zero attached hydrogens (tertiary/aromatic N) is 4. The van der Waals surface area contributed by atoms with Gasteiger partial charge in [0, 0.05) is 25.6 Å². The van der Waals surface area contributed by atoms with Gasteiger partial charge in [0.1, 0.15) is 5.15 Å². The Bertz CT molecular complexity index is 573. The third kappa shape index (κ3) is 9.12. The summed E-state index contributed by atoms with van der Waals surface area (Å²) in [6, 6.07) is 0. The molecule has 1 aliphatic heterocycles. The maximum Gasteiger partial charge on any atom is 0.223 e. The maximum absolute atomic E-state index is 5.53. The zero-order valence-corrected chi connectivity index (χ0v) is 17.5. The van der Waals surface area contributed by atoms with Crippen molar-refractivity contribution in [3.63, 3.8) is 0 Å². The van der Waals surface area contributed by atoms with Gasteiger partial charge in [0.25, 0.3) is 0 Å². The largest absolute Gasteiger partial charge is 0.381 e. The van der Waals surface area contributed by atoms with Crippen LogP contribution in [0.2, 0.25) is 15.7 Å². The van der Waals surface area contributed by atoms with Gasteiger partial charge in [0.2, 0.25) is 10.6 Å².